The van der Waals surface area contributed by atoms with Gasteiger partial charge in [-0.3, -0.25) is 18.4 Å². The fourth-order valence-electron chi connectivity index (χ4n) is 8.97. The molecule has 8 aromatic rings. The molecular weight excluding hydrogens is 930 g/mol. The van der Waals surface area contributed by atoms with E-state index in [1.807, 2.05) is 85.8 Å². The molecule has 2 saturated heterocycles. The molecular formula is C57H53F3N2O6S2. The van der Waals surface area contributed by atoms with Crippen LogP contribution in [-0.2, 0) is 0 Å². The number of carbonyl (C=O) groups is 2. The Kier molecular flexibility index (Phi) is 15.3. The summed E-state index contributed by atoms with van der Waals surface area (Å²) in [5.41, 5.74) is 5.10. The van der Waals surface area contributed by atoms with Crippen LogP contribution in [0.1, 0.15) is 48.9 Å². The molecule has 2 aliphatic rings. The van der Waals surface area contributed by atoms with E-state index in [1.165, 1.54) is 34.8 Å². The molecule has 0 saturated carbocycles. The smallest absolute Gasteiger partial charge is 0.206 e. The number of phenols is 2. The van der Waals surface area contributed by atoms with Crippen molar-refractivity contribution in [2.75, 3.05) is 65.8 Å². The van der Waals surface area contributed by atoms with Crippen molar-refractivity contribution in [3.8, 4) is 45.3 Å². The van der Waals surface area contributed by atoms with Crippen molar-refractivity contribution in [2.24, 2.45) is 11.8 Å². The van der Waals surface area contributed by atoms with Crippen molar-refractivity contribution in [3.05, 3.63) is 166 Å². The fourth-order valence-corrected chi connectivity index (χ4v) is 11.4. The lowest BCUT2D eigenvalue weighted by Gasteiger charge is -2.37. The first-order valence-electron chi connectivity index (χ1n) is 23.5. The fraction of sp³-hybridized carbons (Fsp3) is 0.263. The summed E-state index contributed by atoms with van der Waals surface area (Å²) in [7, 11) is 0. The number of hydrogen-bond donors (Lipinski definition) is 2. The molecule has 10 rings (SSSR count). The number of nitrogens with zero attached hydrogens (tertiary/aromatic N) is 2. The normalized spacial score (nSPS) is 14.2. The third-order valence-electron chi connectivity index (χ3n) is 12.8. The molecule has 8 nitrogen and oxygen atoms in total. The van der Waals surface area contributed by atoms with Gasteiger partial charge in [0.2, 0.25) is 11.6 Å². The molecule has 2 aliphatic heterocycles. The van der Waals surface area contributed by atoms with E-state index in [9.17, 15) is 33.0 Å². The van der Waals surface area contributed by atoms with Gasteiger partial charge in [0.05, 0.1) is 41.9 Å². The molecule has 0 radical (unpaired) electrons. The summed E-state index contributed by atoms with van der Waals surface area (Å²) in [6, 6.07) is 39.1. The zero-order chi connectivity index (χ0) is 48.7. The largest absolute Gasteiger partial charge is 0.508 e. The maximum atomic E-state index is 14.4. The lowest BCUT2D eigenvalue weighted by atomic mass is 9.98. The van der Waals surface area contributed by atoms with Gasteiger partial charge < -0.3 is 29.5 Å². The maximum Gasteiger partial charge on any atom is 0.206 e. The van der Waals surface area contributed by atoms with E-state index in [2.05, 4.69) is 9.80 Å². The summed E-state index contributed by atoms with van der Waals surface area (Å²) >= 11 is 2.65. The number of ketones is 2. The number of benzene rings is 6. The number of alkyl halides is 2. The minimum absolute atomic E-state index is 0.0181. The standard InChI is InChI=1S/C29H28FNO3S.C28H25F2NO3S/c1-19-3-5-22(6-4-19)28(33)29-27(25-12-9-23(32)15-26(25)35-29)21-7-10-24(11-8-21)34-14-2-13-31-17-20(16-30)18-31;29-15-18-16-31(17-18)12-3-13-34-21-9-6-19(7-10-21)26-23-11-8-20(32)14-25(23)35-28(26)27(33)22-4-1-2-5-24(22)30/h3-12,15,20,32H,2,13-14,16-18H2,1H3;1-2,4-11,14,18,32H,3,12-13,15-17H2. The lowest BCUT2D eigenvalue weighted by molar-refractivity contribution is 0.0755. The summed E-state index contributed by atoms with van der Waals surface area (Å²) in [6.45, 7) is 7.86. The molecule has 0 spiro atoms. The average Bonchev–Trinajstić information content (AvgIpc) is 3.91. The van der Waals surface area contributed by atoms with Gasteiger partial charge in [-0.25, -0.2) is 4.39 Å². The van der Waals surface area contributed by atoms with Gasteiger partial charge in [0.1, 0.15) is 28.8 Å². The number of phenolic OH excluding ortho intramolecular Hbond substituents is 2. The molecule has 0 aliphatic carbocycles. The van der Waals surface area contributed by atoms with Crippen molar-refractivity contribution in [3.63, 3.8) is 0 Å². The van der Waals surface area contributed by atoms with Crippen molar-refractivity contribution >= 4 is 54.4 Å². The molecule has 0 atom stereocenters. The van der Waals surface area contributed by atoms with Crippen molar-refractivity contribution in [1.82, 2.24) is 9.80 Å². The van der Waals surface area contributed by atoms with Crippen LogP contribution >= 0.6 is 22.7 Å². The van der Waals surface area contributed by atoms with Crippen LogP contribution in [0, 0.1) is 24.6 Å². The van der Waals surface area contributed by atoms with E-state index in [-0.39, 0.29) is 53.8 Å². The quantitative estimate of drug-likeness (QED) is 0.0648. The Morgan fingerprint density at radius 3 is 1.51 bits per heavy atom. The van der Waals surface area contributed by atoms with Crippen LogP contribution in [0.5, 0.6) is 23.0 Å². The van der Waals surface area contributed by atoms with Crippen LogP contribution < -0.4 is 9.47 Å². The Bertz CT molecular complexity index is 3090. The maximum absolute atomic E-state index is 14.4. The Morgan fingerprint density at radius 1 is 0.600 bits per heavy atom. The molecule has 0 bridgehead atoms. The summed E-state index contributed by atoms with van der Waals surface area (Å²) in [6.07, 6.45) is 1.76. The number of ether oxygens (including phenoxy) is 2. The first kappa shape index (κ1) is 48.5. The first-order valence-corrected chi connectivity index (χ1v) is 25.1. The van der Waals surface area contributed by atoms with E-state index in [0.29, 0.717) is 34.1 Å². The van der Waals surface area contributed by atoms with E-state index < -0.39 is 5.82 Å². The van der Waals surface area contributed by atoms with Gasteiger partial charge in [-0.15, -0.1) is 22.7 Å². The highest BCUT2D eigenvalue weighted by Gasteiger charge is 2.28. The Labute approximate surface area is 413 Å². The summed E-state index contributed by atoms with van der Waals surface area (Å²) in [4.78, 5) is 32.4. The van der Waals surface area contributed by atoms with Crippen LogP contribution in [0.2, 0.25) is 0 Å². The molecule has 360 valence electrons. The van der Waals surface area contributed by atoms with Crippen LogP contribution in [0.15, 0.2) is 133 Å². The highest BCUT2D eigenvalue weighted by molar-refractivity contribution is 7.22. The van der Waals surface area contributed by atoms with E-state index in [1.54, 1.807) is 42.5 Å². The van der Waals surface area contributed by atoms with Gasteiger partial charge >= 0.3 is 0 Å². The third-order valence-corrected chi connectivity index (χ3v) is 15.1. The number of rotatable bonds is 18. The van der Waals surface area contributed by atoms with Crippen LogP contribution in [0.4, 0.5) is 13.2 Å². The van der Waals surface area contributed by atoms with Gasteiger partial charge in [0.25, 0.3) is 0 Å². The predicted molar refractivity (Wildman–Crippen MR) is 274 cm³/mol. The number of hydrogen-bond acceptors (Lipinski definition) is 10. The van der Waals surface area contributed by atoms with Crippen molar-refractivity contribution in [1.29, 1.82) is 0 Å². The average molecular weight is 983 g/mol. The monoisotopic (exact) mass is 982 g/mol. The SMILES string of the molecule is Cc1ccc(C(=O)c2sc3cc(O)ccc3c2-c2ccc(OCCCN3CC(CF)C3)cc2)cc1.O=C(c1ccccc1F)c1sc2cc(O)ccc2c1-c1ccc(OCCCN2CC(CF)C2)cc1. The van der Waals surface area contributed by atoms with Gasteiger partial charge in [0, 0.05) is 88.0 Å². The number of likely N-dealkylation sites (tertiary alicyclic amines) is 2. The van der Waals surface area contributed by atoms with Crippen LogP contribution in [-0.4, -0.2) is 97.4 Å². The second kappa shape index (κ2) is 22.1. The number of aromatic hydroxyl groups is 2. The predicted octanol–water partition coefficient (Wildman–Crippen LogP) is 12.8. The Morgan fingerprint density at radius 2 is 1.06 bits per heavy atom. The number of aryl methyl sites for hydroxylation is 1. The molecule has 13 heteroatoms. The molecule has 4 heterocycles. The topological polar surface area (TPSA) is 99.5 Å². The highest BCUT2D eigenvalue weighted by Crippen LogP contribution is 2.43. The Balaban J connectivity index is 0.000000174. The Hall–Kier alpha value is -6.51. The van der Waals surface area contributed by atoms with Gasteiger partial charge in [-0.2, -0.15) is 0 Å². The minimum Gasteiger partial charge on any atom is -0.508 e. The van der Waals surface area contributed by atoms with E-state index in [4.69, 9.17) is 9.47 Å². The lowest BCUT2D eigenvalue weighted by Crippen LogP contribution is -2.48. The molecule has 2 N–H and O–H groups in total. The second-order valence-corrected chi connectivity index (χ2v) is 20.1. The van der Waals surface area contributed by atoms with Gasteiger partial charge in [0.15, 0.2) is 0 Å². The summed E-state index contributed by atoms with van der Waals surface area (Å²) in [5, 5.41) is 21.7. The van der Waals surface area contributed by atoms with Crippen molar-refractivity contribution in [2.45, 2.75) is 19.8 Å². The molecule has 2 aromatic heterocycles. The first-order chi connectivity index (χ1) is 34.0. The number of thiophene rings is 2. The number of carbonyl (C=O) groups excluding carboxylic acids is 2. The molecule has 2 fully saturated rings. The summed E-state index contributed by atoms with van der Waals surface area (Å²) in [5.74, 6) is 1.21. The number of halogens is 3. The van der Waals surface area contributed by atoms with Gasteiger partial charge in [-0.1, -0.05) is 66.2 Å². The minimum atomic E-state index is -0.564. The molecule has 70 heavy (non-hydrogen) atoms. The van der Waals surface area contributed by atoms with Gasteiger partial charge in [-0.05, 0) is 104 Å². The van der Waals surface area contributed by atoms with Crippen molar-refractivity contribution < 1.29 is 42.4 Å². The highest BCUT2D eigenvalue weighted by atomic mass is 32.1. The molecule has 6 aromatic carbocycles. The zero-order valence-corrected chi connectivity index (χ0v) is 40.3. The number of fused-ring (bicyclic) bond motifs is 2. The van der Waals surface area contributed by atoms with Crippen LogP contribution in [0.25, 0.3) is 42.4 Å². The van der Waals surface area contributed by atoms with Crippen LogP contribution in [0.3, 0.4) is 0 Å². The van der Waals surface area contributed by atoms with E-state index in [0.717, 1.165) is 106 Å². The third kappa shape index (κ3) is 11.1. The molecule has 0 unspecified atom stereocenters. The zero-order valence-electron chi connectivity index (χ0n) is 38.7. The summed E-state index contributed by atoms with van der Waals surface area (Å²) < 4.78 is 52.9. The second-order valence-electron chi connectivity index (χ2n) is 18.0. The van der Waals surface area contributed by atoms with E-state index >= 15 is 0 Å². The molecule has 0 amide bonds.